The molecule has 2 fully saturated rings. The fourth-order valence-corrected chi connectivity index (χ4v) is 17.2. The van der Waals surface area contributed by atoms with Crippen LogP contribution in [0.3, 0.4) is 0 Å². The van der Waals surface area contributed by atoms with Crippen LogP contribution in [-0.4, -0.2) is 31.1 Å². The summed E-state index contributed by atoms with van der Waals surface area (Å²) in [6.07, 6.45) is 9.02. The molecule has 0 aromatic carbocycles. The van der Waals surface area contributed by atoms with Gasteiger partial charge in [-0.2, -0.15) is 0 Å². The molecule has 0 unspecified atom stereocenters. The summed E-state index contributed by atoms with van der Waals surface area (Å²) in [6.45, 7) is 2.91. The van der Waals surface area contributed by atoms with Crippen molar-refractivity contribution in [2.45, 2.75) is 73.1 Å². The van der Waals surface area contributed by atoms with Gasteiger partial charge in [0, 0.05) is 0 Å². The van der Waals surface area contributed by atoms with E-state index in [0.29, 0.717) is 7.87 Å². The van der Waals surface area contributed by atoms with Crippen LogP contribution in [0.15, 0.2) is 0 Å². The Kier molecular flexibility index (Phi) is 5.15. The van der Waals surface area contributed by atoms with E-state index >= 15 is 0 Å². The van der Waals surface area contributed by atoms with E-state index in [4.69, 9.17) is 6.15 Å². The zero-order valence-corrected chi connectivity index (χ0v) is 14.8. The van der Waals surface area contributed by atoms with Gasteiger partial charge < -0.3 is 0 Å². The van der Waals surface area contributed by atoms with Crippen LogP contribution in [-0.2, 0) is 15.7 Å². The summed E-state index contributed by atoms with van der Waals surface area (Å²) in [5.41, 5.74) is 0. The first-order chi connectivity index (χ1) is 9.04. The van der Waals surface area contributed by atoms with Crippen LogP contribution in [0.1, 0.15) is 65.2 Å². The van der Waals surface area contributed by atoms with E-state index in [1.165, 1.54) is 39.5 Å². The molecule has 19 heavy (non-hydrogen) atoms. The molecule has 0 N–H and O–H groups in total. The molecule has 0 spiro atoms. The Hall–Kier alpha value is -0.261. The van der Waals surface area contributed by atoms with Crippen LogP contribution in [0.25, 0.3) is 0 Å². The summed E-state index contributed by atoms with van der Waals surface area (Å²) >= 11 is -3.66. The minimum atomic E-state index is -3.66. The molecule has 2 saturated carbocycles. The van der Waals surface area contributed by atoms with Crippen LogP contribution < -0.4 is 0 Å². The Labute approximate surface area is 120 Å². The van der Waals surface area contributed by atoms with Crippen molar-refractivity contribution in [3.05, 3.63) is 0 Å². The summed E-state index contributed by atoms with van der Waals surface area (Å²) in [4.78, 5) is 23.2. The third-order valence-electron chi connectivity index (χ3n) is 4.45. The summed E-state index contributed by atoms with van der Waals surface area (Å²) in [7, 11) is 0. The van der Waals surface area contributed by atoms with Gasteiger partial charge in [-0.05, 0) is 0 Å². The van der Waals surface area contributed by atoms with E-state index in [1.54, 1.807) is 0 Å². The summed E-state index contributed by atoms with van der Waals surface area (Å²) in [6, 6.07) is 0. The van der Waals surface area contributed by atoms with Crippen molar-refractivity contribution in [2.24, 2.45) is 0 Å². The summed E-state index contributed by atoms with van der Waals surface area (Å²) in [5, 5.41) is 0. The van der Waals surface area contributed by atoms with Crippen LogP contribution in [0.4, 0.5) is 0 Å². The van der Waals surface area contributed by atoms with E-state index in [0.717, 1.165) is 25.7 Å². The van der Waals surface area contributed by atoms with Crippen molar-refractivity contribution in [2.75, 3.05) is 0 Å². The normalized spacial score (nSPS) is 21.6. The SMILES string of the molecule is CC(=O)[O][Sn]([O]C(C)=O)([CH]1CCCC1)[CH]1CCCC1. The van der Waals surface area contributed by atoms with Gasteiger partial charge in [0.1, 0.15) is 0 Å². The van der Waals surface area contributed by atoms with Gasteiger partial charge in [0.15, 0.2) is 0 Å². The van der Waals surface area contributed by atoms with E-state index in [-0.39, 0.29) is 11.9 Å². The minimum absolute atomic E-state index is 0.254. The third-order valence-corrected chi connectivity index (χ3v) is 17.7. The molecule has 108 valence electrons. The molecule has 2 aliphatic carbocycles. The molecule has 0 heterocycles. The molecule has 0 aromatic rings. The Morgan fingerprint density at radius 1 is 0.789 bits per heavy atom. The van der Waals surface area contributed by atoms with Crippen molar-refractivity contribution in [3.8, 4) is 0 Å². The zero-order chi connectivity index (χ0) is 13.9. The fraction of sp³-hybridized carbons (Fsp3) is 0.857. The van der Waals surface area contributed by atoms with Crippen molar-refractivity contribution in [3.63, 3.8) is 0 Å². The molecule has 0 bridgehead atoms. The van der Waals surface area contributed by atoms with E-state index < -0.39 is 19.2 Å². The average molecular weight is 375 g/mol. The van der Waals surface area contributed by atoms with Gasteiger partial charge in [-0.15, -0.1) is 0 Å². The number of carbonyl (C=O) groups is 2. The molecule has 2 rings (SSSR count). The van der Waals surface area contributed by atoms with Crippen molar-refractivity contribution >= 4 is 31.1 Å². The second-order valence-corrected chi connectivity index (χ2v) is 15.8. The Morgan fingerprint density at radius 2 is 1.11 bits per heavy atom. The van der Waals surface area contributed by atoms with Gasteiger partial charge in [0.25, 0.3) is 0 Å². The second kappa shape index (κ2) is 6.46. The number of hydrogen-bond acceptors (Lipinski definition) is 4. The van der Waals surface area contributed by atoms with Crippen LogP contribution in [0, 0.1) is 0 Å². The van der Waals surface area contributed by atoms with Crippen LogP contribution in [0.2, 0.25) is 7.87 Å². The van der Waals surface area contributed by atoms with Gasteiger partial charge in [0.2, 0.25) is 0 Å². The molecule has 5 heteroatoms. The Balaban J connectivity index is 2.29. The first-order valence-corrected chi connectivity index (χ1v) is 13.1. The average Bonchev–Trinajstić information content (AvgIpc) is 3.01. The molecular formula is C14H24O4Sn. The van der Waals surface area contributed by atoms with Gasteiger partial charge in [0.05, 0.1) is 0 Å². The first-order valence-electron chi connectivity index (χ1n) is 7.44. The Bertz CT molecular complexity index is 309. The monoisotopic (exact) mass is 376 g/mol. The second-order valence-electron chi connectivity index (χ2n) is 5.87. The van der Waals surface area contributed by atoms with Crippen LogP contribution in [0.5, 0.6) is 0 Å². The molecule has 0 atom stereocenters. The maximum absolute atomic E-state index is 11.6. The van der Waals surface area contributed by atoms with Gasteiger partial charge >= 0.3 is 120 Å². The van der Waals surface area contributed by atoms with E-state index in [1.807, 2.05) is 0 Å². The number of rotatable bonds is 4. The first kappa shape index (κ1) is 15.1. The van der Waals surface area contributed by atoms with Gasteiger partial charge in [-0.3, -0.25) is 0 Å². The molecule has 4 nitrogen and oxygen atoms in total. The van der Waals surface area contributed by atoms with Gasteiger partial charge in [-0.1, -0.05) is 0 Å². The topological polar surface area (TPSA) is 52.6 Å². The molecule has 0 amide bonds. The third kappa shape index (κ3) is 3.44. The van der Waals surface area contributed by atoms with E-state index in [2.05, 4.69) is 0 Å². The molecule has 0 aromatic heterocycles. The number of carbonyl (C=O) groups excluding carboxylic acids is 2. The van der Waals surface area contributed by atoms with Crippen LogP contribution >= 0.6 is 0 Å². The quantitative estimate of drug-likeness (QED) is 0.707. The molecule has 0 radical (unpaired) electrons. The molecule has 0 saturated heterocycles. The van der Waals surface area contributed by atoms with Crippen molar-refractivity contribution < 1.29 is 15.7 Å². The predicted octanol–water partition coefficient (Wildman–Crippen LogP) is 3.44. The summed E-state index contributed by atoms with van der Waals surface area (Å²) in [5.74, 6) is -0.508. The zero-order valence-electron chi connectivity index (χ0n) is 11.9. The Morgan fingerprint density at radius 3 is 1.37 bits per heavy atom. The molecule has 2 aliphatic rings. The standard InChI is InChI=1S/2C5H9.2C2H4O2.Sn/c2*1-2-4-5-3-1;2*1-2(3)4;/h2*1H,2-5H2;2*1H3,(H,3,4);/q;;;;+2/p-2. The fourth-order valence-electron chi connectivity index (χ4n) is 3.79. The predicted molar refractivity (Wildman–Crippen MR) is 73.7 cm³/mol. The maximum atomic E-state index is 11.6. The van der Waals surface area contributed by atoms with E-state index in [9.17, 15) is 9.59 Å². The van der Waals surface area contributed by atoms with Gasteiger partial charge in [-0.25, -0.2) is 0 Å². The summed E-state index contributed by atoms with van der Waals surface area (Å²) < 4.78 is 12.4. The molecular weight excluding hydrogens is 351 g/mol. The van der Waals surface area contributed by atoms with Crippen molar-refractivity contribution in [1.29, 1.82) is 0 Å². The number of hydrogen-bond donors (Lipinski definition) is 0. The molecule has 0 aliphatic heterocycles. The van der Waals surface area contributed by atoms with Crippen molar-refractivity contribution in [1.82, 2.24) is 0 Å².